The molecule has 0 aromatic heterocycles. The first-order valence-electron chi connectivity index (χ1n) is 15.3. The molecule has 9 nitrogen and oxygen atoms in total. The van der Waals surface area contributed by atoms with Crippen LogP contribution in [0.4, 0.5) is 5.69 Å². The Labute approximate surface area is 257 Å². The summed E-state index contributed by atoms with van der Waals surface area (Å²) in [6.45, 7) is 1.57. The van der Waals surface area contributed by atoms with Crippen molar-refractivity contribution in [2.45, 2.75) is 62.1 Å². The number of rotatable bonds is 0. The van der Waals surface area contributed by atoms with Crippen LogP contribution in [0.15, 0.2) is 48.6 Å². The lowest BCUT2D eigenvalue weighted by Crippen LogP contribution is -2.62. The number of ether oxygens (including phenoxy) is 1. The number of anilines is 1. The van der Waals surface area contributed by atoms with Crippen LogP contribution in [-0.4, -0.2) is 67.7 Å². The van der Waals surface area contributed by atoms with E-state index in [-0.39, 0.29) is 30.3 Å². The lowest BCUT2D eigenvalue weighted by Gasteiger charge is -2.45. The number of fused-ring (bicyclic) bond motifs is 7. The van der Waals surface area contributed by atoms with E-state index in [1.807, 2.05) is 18.2 Å². The molecule has 3 aliphatic heterocycles. The number of carbonyl (C=O) groups excluding carboxylic acids is 1. The van der Waals surface area contributed by atoms with Gasteiger partial charge in [-0.25, -0.2) is 4.72 Å². The number of carbonyl (C=O) groups is 1. The second-order valence-corrected chi connectivity index (χ2v) is 15.1. The number of aliphatic hydroxyl groups excluding tert-OH is 1. The highest BCUT2D eigenvalue weighted by Crippen LogP contribution is 2.47. The van der Waals surface area contributed by atoms with E-state index in [0.29, 0.717) is 43.9 Å². The van der Waals surface area contributed by atoms with E-state index in [2.05, 4.69) is 21.8 Å². The summed E-state index contributed by atoms with van der Waals surface area (Å²) in [4.78, 5) is 15.5. The minimum Gasteiger partial charge on any atom is -0.490 e. The molecule has 3 N–H and O–H groups in total. The molecule has 1 unspecified atom stereocenters. The van der Waals surface area contributed by atoms with Gasteiger partial charge in [0.05, 0.1) is 24.9 Å². The van der Waals surface area contributed by atoms with Crippen molar-refractivity contribution in [2.24, 2.45) is 11.8 Å². The van der Waals surface area contributed by atoms with Crippen LogP contribution in [0.1, 0.15) is 55.2 Å². The molecular formula is C32H38ClN3O6S. The molecule has 43 heavy (non-hydrogen) atoms. The zero-order chi connectivity index (χ0) is 30.0. The summed E-state index contributed by atoms with van der Waals surface area (Å²) < 4.78 is 35.4. The van der Waals surface area contributed by atoms with Crippen LogP contribution in [0.25, 0.3) is 0 Å². The van der Waals surface area contributed by atoms with Gasteiger partial charge in [-0.05, 0) is 97.7 Å². The van der Waals surface area contributed by atoms with E-state index >= 15 is 0 Å². The maximum atomic E-state index is 13.2. The molecule has 230 valence electrons. The molecule has 5 aliphatic rings. The predicted octanol–water partition coefficient (Wildman–Crippen LogP) is 3.41. The monoisotopic (exact) mass is 627 g/mol. The number of amides is 1. The van der Waals surface area contributed by atoms with Gasteiger partial charge in [0.25, 0.3) is 5.91 Å². The first kappa shape index (κ1) is 29.1. The van der Waals surface area contributed by atoms with Crippen molar-refractivity contribution in [1.82, 2.24) is 9.03 Å². The molecule has 11 heteroatoms. The van der Waals surface area contributed by atoms with Crippen LogP contribution >= 0.6 is 11.6 Å². The van der Waals surface area contributed by atoms with Gasteiger partial charge in [-0.1, -0.05) is 35.9 Å². The fourth-order valence-corrected chi connectivity index (χ4v) is 9.24. The Morgan fingerprint density at radius 1 is 1.09 bits per heavy atom. The van der Waals surface area contributed by atoms with Crippen LogP contribution < -0.4 is 14.4 Å². The van der Waals surface area contributed by atoms with Crippen molar-refractivity contribution in [2.75, 3.05) is 37.7 Å². The van der Waals surface area contributed by atoms with Gasteiger partial charge < -0.3 is 19.8 Å². The van der Waals surface area contributed by atoms with Gasteiger partial charge in [-0.2, -0.15) is 12.7 Å². The molecular weight excluding hydrogens is 590 g/mol. The Kier molecular flexibility index (Phi) is 7.29. The SMILES string of the molecule is O=C1NS(=O)(=O)N2CCC/C=C/[C@H](O)[C@@H]3CC[C@H]3CN3C[C@@]4(CCCc5cc(Cl)ccc54)COc4ccc(cc43)[C@@]1(O)C2. The first-order valence-corrected chi connectivity index (χ1v) is 17.1. The molecule has 2 aromatic carbocycles. The Morgan fingerprint density at radius 3 is 2.77 bits per heavy atom. The summed E-state index contributed by atoms with van der Waals surface area (Å²) in [5.74, 6) is 0.0759. The average molecular weight is 628 g/mol. The summed E-state index contributed by atoms with van der Waals surface area (Å²) in [6.07, 6.45) is 9.08. The van der Waals surface area contributed by atoms with Gasteiger partial charge in [-0.3, -0.25) is 4.79 Å². The fraction of sp³-hybridized carbons (Fsp3) is 0.531. The Hall–Kier alpha value is -2.63. The Morgan fingerprint density at radius 2 is 1.95 bits per heavy atom. The topological polar surface area (TPSA) is 119 Å². The third-order valence-corrected chi connectivity index (χ3v) is 12.0. The first-order chi connectivity index (χ1) is 20.6. The predicted molar refractivity (Wildman–Crippen MR) is 163 cm³/mol. The Bertz CT molecular complexity index is 1580. The molecule has 6 atom stereocenters. The molecule has 1 spiro atoms. The van der Waals surface area contributed by atoms with Crippen LogP contribution in [-0.2, 0) is 32.4 Å². The van der Waals surface area contributed by atoms with Crippen LogP contribution in [0.5, 0.6) is 5.75 Å². The van der Waals surface area contributed by atoms with Crippen molar-refractivity contribution in [1.29, 1.82) is 0 Å². The number of nitrogens with zero attached hydrogens (tertiary/aromatic N) is 2. The lowest BCUT2D eigenvalue weighted by atomic mass is 9.68. The number of aryl methyl sites for hydroxylation is 1. The van der Waals surface area contributed by atoms with Crippen LogP contribution in [0.3, 0.4) is 0 Å². The summed E-state index contributed by atoms with van der Waals surface area (Å²) in [5, 5.41) is 23.6. The number of hydrogen-bond donors (Lipinski definition) is 3. The van der Waals surface area contributed by atoms with Crippen molar-refractivity contribution in [3.8, 4) is 5.75 Å². The number of aliphatic hydroxyl groups is 2. The van der Waals surface area contributed by atoms with E-state index in [1.165, 1.54) is 11.1 Å². The molecule has 1 saturated carbocycles. The van der Waals surface area contributed by atoms with Crippen molar-refractivity contribution in [3.05, 3.63) is 70.3 Å². The summed E-state index contributed by atoms with van der Waals surface area (Å²) in [5.41, 5.74) is 1.20. The zero-order valence-electron chi connectivity index (χ0n) is 24.0. The van der Waals surface area contributed by atoms with E-state index in [4.69, 9.17) is 16.3 Å². The summed E-state index contributed by atoms with van der Waals surface area (Å²) in [6, 6.07) is 11.4. The maximum Gasteiger partial charge on any atom is 0.304 e. The van der Waals surface area contributed by atoms with E-state index in [0.717, 1.165) is 47.1 Å². The molecule has 2 fully saturated rings. The third-order valence-electron chi connectivity index (χ3n) is 10.3. The second kappa shape index (κ2) is 10.8. The number of benzene rings is 2. The normalized spacial score (nSPS) is 35.8. The largest absolute Gasteiger partial charge is 0.490 e. The fourth-order valence-electron chi connectivity index (χ4n) is 7.79. The zero-order valence-corrected chi connectivity index (χ0v) is 25.6. The molecule has 2 aromatic rings. The molecule has 3 heterocycles. The van der Waals surface area contributed by atoms with Crippen LogP contribution in [0.2, 0.25) is 5.02 Å². The van der Waals surface area contributed by atoms with Gasteiger partial charge in [-0.15, -0.1) is 0 Å². The summed E-state index contributed by atoms with van der Waals surface area (Å²) >= 11 is 6.39. The van der Waals surface area contributed by atoms with Crippen molar-refractivity contribution >= 4 is 33.4 Å². The van der Waals surface area contributed by atoms with Gasteiger partial charge in [0.15, 0.2) is 5.60 Å². The minimum atomic E-state index is -4.08. The lowest BCUT2D eigenvalue weighted by molar-refractivity contribution is -0.141. The highest BCUT2D eigenvalue weighted by atomic mass is 35.5. The van der Waals surface area contributed by atoms with E-state index in [9.17, 15) is 23.4 Å². The number of allylic oxidation sites excluding steroid dienone is 1. The number of hydrogen-bond acceptors (Lipinski definition) is 7. The molecule has 2 aliphatic carbocycles. The van der Waals surface area contributed by atoms with Gasteiger partial charge >= 0.3 is 10.2 Å². The highest BCUT2D eigenvalue weighted by Gasteiger charge is 2.50. The third kappa shape index (κ3) is 5.05. The van der Waals surface area contributed by atoms with Crippen molar-refractivity contribution < 1.29 is 28.2 Å². The smallest absolute Gasteiger partial charge is 0.304 e. The van der Waals surface area contributed by atoms with E-state index in [1.54, 1.807) is 18.2 Å². The summed E-state index contributed by atoms with van der Waals surface area (Å²) in [7, 11) is -4.08. The standard InChI is InChI=1S/C32H38ClN3O6S/c33-24-9-11-26-21(15-24)5-4-13-31(26)18-35-17-22-7-10-25(22)28(37)6-2-1-3-14-36-19-32(39,30(38)34-43(36,40)41)23-8-12-29(42-20-31)27(35)16-23/h2,6,8-9,11-12,15-16,22,25,28,37,39H,1,3-5,7,10,13-14,17-20H2,(H,34,38)/b6-2+/t22-,25+,28-,31-,32-/m0/s1. The van der Waals surface area contributed by atoms with Crippen molar-refractivity contribution in [3.63, 3.8) is 0 Å². The molecule has 1 saturated heterocycles. The number of nitrogens with one attached hydrogen (secondary N) is 1. The maximum absolute atomic E-state index is 13.2. The quantitative estimate of drug-likeness (QED) is 0.383. The molecule has 4 bridgehead atoms. The van der Waals surface area contributed by atoms with Gasteiger partial charge in [0, 0.05) is 30.1 Å². The highest BCUT2D eigenvalue weighted by molar-refractivity contribution is 7.87. The average Bonchev–Trinajstić information content (AvgIpc) is 3.10. The number of halogens is 1. The van der Waals surface area contributed by atoms with Gasteiger partial charge in [0.2, 0.25) is 0 Å². The molecule has 1 amide bonds. The molecule has 0 radical (unpaired) electrons. The van der Waals surface area contributed by atoms with Crippen LogP contribution in [0, 0.1) is 11.8 Å². The van der Waals surface area contributed by atoms with E-state index < -0.39 is 27.8 Å². The minimum absolute atomic E-state index is 0.117. The second-order valence-electron chi connectivity index (χ2n) is 13.0. The molecule has 7 rings (SSSR count). The van der Waals surface area contributed by atoms with Gasteiger partial charge in [0.1, 0.15) is 5.75 Å². The Balaban J connectivity index is 1.34.